The molecule has 0 aromatic carbocycles. The van der Waals surface area contributed by atoms with Gasteiger partial charge >= 0.3 is 0 Å². The van der Waals surface area contributed by atoms with E-state index in [-0.39, 0.29) is 23.7 Å². The molecule has 0 aromatic rings. The van der Waals surface area contributed by atoms with Crippen molar-refractivity contribution in [3.05, 3.63) is 11.6 Å². The minimum Gasteiger partial charge on any atom is -0.394 e. The van der Waals surface area contributed by atoms with Crippen LogP contribution in [0.15, 0.2) is 11.6 Å². The highest BCUT2D eigenvalue weighted by molar-refractivity contribution is 5.22. The van der Waals surface area contributed by atoms with Crippen molar-refractivity contribution < 1.29 is 94.8 Å². The van der Waals surface area contributed by atoms with Gasteiger partial charge < -0.3 is 94.8 Å². The van der Waals surface area contributed by atoms with Crippen molar-refractivity contribution in [1.29, 1.82) is 0 Å². The summed E-state index contributed by atoms with van der Waals surface area (Å²) in [6, 6.07) is 0. The highest BCUT2D eigenvalue weighted by Gasteiger charge is 2.74. The Hall–Kier alpha value is -1.02. The first kappa shape index (κ1) is 53.8. The van der Waals surface area contributed by atoms with Gasteiger partial charge in [0.25, 0.3) is 0 Å². The first-order chi connectivity index (χ1) is 31.3. The second kappa shape index (κ2) is 19.8. The van der Waals surface area contributed by atoms with Crippen LogP contribution in [-0.4, -0.2) is 202 Å². The Morgan fingerprint density at radius 3 is 1.73 bits per heavy atom. The molecule has 19 nitrogen and oxygen atoms in total. The van der Waals surface area contributed by atoms with Crippen molar-refractivity contribution in [3.8, 4) is 0 Å². The molecule has 3 saturated heterocycles. The first-order valence-corrected chi connectivity index (χ1v) is 24.5. The average molecular weight is 963 g/mol. The van der Waals surface area contributed by atoms with E-state index in [1.807, 2.05) is 34.6 Å². The monoisotopic (exact) mass is 963 g/mol. The Balaban J connectivity index is 1.15. The SMILES string of the molecule is CC(C)=CCC[C@](C)(O[C@@H]1O[C@H](CO)[C@@H](O)[C@H](O)[C@H]1O)[C@H]1CC[C@]2(C)[C@@H]1[C@@H](O)C[C@@H]1[C@@]3(C)CC[C@@H](O[C@@H]4O[C@H](CO)[C@@H](O)[C@H](O)[C@H]4O[C@@H]4O[C@H](CO)[C@@H](O)[C@H](O)[C@H]4O)C(C)(C)[C@@H]3[C@H](O)C[C@]12C. The zero-order valence-electron chi connectivity index (χ0n) is 40.3. The number of aliphatic hydroxyl groups excluding tert-OH is 13. The van der Waals surface area contributed by atoms with E-state index in [1.54, 1.807) is 0 Å². The largest absolute Gasteiger partial charge is 0.394 e. The van der Waals surface area contributed by atoms with Gasteiger partial charge in [-0.3, -0.25) is 0 Å². The number of ether oxygens (including phenoxy) is 6. The average Bonchev–Trinajstić information content (AvgIpc) is 3.65. The van der Waals surface area contributed by atoms with Crippen molar-refractivity contribution in [2.75, 3.05) is 19.8 Å². The van der Waals surface area contributed by atoms with Gasteiger partial charge in [-0.25, -0.2) is 0 Å². The maximum atomic E-state index is 12.7. The van der Waals surface area contributed by atoms with E-state index in [0.717, 1.165) is 5.57 Å². The third kappa shape index (κ3) is 9.03. The van der Waals surface area contributed by atoms with Crippen LogP contribution in [0, 0.1) is 45.3 Å². The summed E-state index contributed by atoms with van der Waals surface area (Å²) in [6.07, 6.45) is -19.2. The molecule has 0 spiro atoms. The van der Waals surface area contributed by atoms with E-state index in [4.69, 9.17) is 28.4 Å². The molecule has 26 atom stereocenters. The molecule has 67 heavy (non-hydrogen) atoms. The molecule has 388 valence electrons. The lowest BCUT2D eigenvalue weighted by molar-refractivity contribution is -0.380. The normalized spacial score (nSPS) is 52.9. The van der Waals surface area contributed by atoms with Crippen LogP contribution in [0.3, 0.4) is 0 Å². The minimum atomic E-state index is -1.83. The predicted molar refractivity (Wildman–Crippen MR) is 235 cm³/mol. The summed E-state index contributed by atoms with van der Waals surface area (Å²) in [6.45, 7) is 14.6. The fourth-order valence-corrected chi connectivity index (χ4v) is 15.1. The van der Waals surface area contributed by atoms with Crippen molar-refractivity contribution in [3.63, 3.8) is 0 Å². The maximum absolute atomic E-state index is 12.7. The molecule has 0 amide bonds. The van der Waals surface area contributed by atoms with Crippen LogP contribution >= 0.6 is 0 Å². The quantitative estimate of drug-likeness (QED) is 0.0773. The lowest BCUT2D eigenvalue weighted by Crippen LogP contribution is -2.70. The van der Waals surface area contributed by atoms with Crippen LogP contribution in [0.2, 0.25) is 0 Å². The molecule has 13 N–H and O–H groups in total. The molecule has 4 aliphatic carbocycles. The number of fused-ring (bicyclic) bond motifs is 5. The summed E-state index contributed by atoms with van der Waals surface area (Å²) in [7, 11) is 0. The van der Waals surface area contributed by atoms with Gasteiger partial charge in [0.1, 0.15) is 73.2 Å². The molecule has 0 aromatic heterocycles. The number of aliphatic hydroxyl groups is 13. The zero-order valence-corrected chi connectivity index (χ0v) is 40.3. The highest BCUT2D eigenvalue weighted by atomic mass is 16.8. The zero-order chi connectivity index (χ0) is 49.5. The van der Waals surface area contributed by atoms with Crippen LogP contribution in [0.5, 0.6) is 0 Å². The Morgan fingerprint density at radius 1 is 0.627 bits per heavy atom. The lowest BCUT2D eigenvalue weighted by atomic mass is 9.34. The molecule has 7 fully saturated rings. The third-order valence-corrected chi connectivity index (χ3v) is 18.7. The molecule has 3 heterocycles. The summed E-state index contributed by atoms with van der Waals surface area (Å²) >= 11 is 0. The standard InChI is InChI=1S/C48H82O19/c1-21(2)10-9-13-48(8,67-42-38(61)35(58)32(55)26(19-50)63-42)22-11-15-46(6)30(22)23(52)16-28-45(5)14-12-29(44(3,4)40(45)24(53)17-47(28,46)7)65-43-39(36(59)33(56)27(20-51)64-43)66-41-37(60)34(57)31(54)25(18-49)62-41/h10,22-43,49-61H,9,11-20H2,1-8H3/t22-,23-,24+,25+,26+,27+,28+,29+,30-,31+,32+,33+,34-,35-,36-,37+,38+,39+,40-,41-,42-,43-,45+,46+,47+,48-/m0/s1. The van der Waals surface area contributed by atoms with Gasteiger partial charge in [0, 0.05) is 0 Å². The fourth-order valence-electron chi connectivity index (χ4n) is 15.1. The van der Waals surface area contributed by atoms with Crippen LogP contribution < -0.4 is 0 Å². The lowest BCUT2D eigenvalue weighted by Gasteiger charge is -2.71. The van der Waals surface area contributed by atoms with Crippen molar-refractivity contribution >= 4 is 0 Å². The first-order valence-electron chi connectivity index (χ1n) is 24.5. The van der Waals surface area contributed by atoms with Gasteiger partial charge in [0.2, 0.25) is 0 Å². The van der Waals surface area contributed by atoms with E-state index in [1.165, 1.54) is 0 Å². The van der Waals surface area contributed by atoms with Gasteiger partial charge in [-0.1, -0.05) is 46.3 Å². The molecule has 7 aliphatic rings. The molecule has 0 bridgehead atoms. The Labute approximate surface area is 393 Å². The van der Waals surface area contributed by atoms with Gasteiger partial charge in [-0.05, 0) is 117 Å². The Bertz CT molecular complexity index is 1710. The van der Waals surface area contributed by atoms with Gasteiger partial charge in [-0.15, -0.1) is 0 Å². The number of rotatable bonds is 13. The second-order valence-corrected chi connectivity index (χ2v) is 23.1. The number of allylic oxidation sites excluding steroid dienone is 2. The summed E-state index contributed by atoms with van der Waals surface area (Å²) in [5.41, 5.74) is -2.23. The molecular weight excluding hydrogens is 881 g/mol. The molecule has 4 saturated carbocycles. The van der Waals surface area contributed by atoms with E-state index in [9.17, 15) is 66.4 Å². The smallest absolute Gasteiger partial charge is 0.187 e. The van der Waals surface area contributed by atoms with Crippen molar-refractivity contribution in [2.24, 2.45) is 45.3 Å². The van der Waals surface area contributed by atoms with Crippen molar-refractivity contribution in [1.82, 2.24) is 0 Å². The van der Waals surface area contributed by atoms with Crippen LogP contribution in [0.4, 0.5) is 0 Å². The second-order valence-electron chi connectivity index (χ2n) is 23.1. The van der Waals surface area contributed by atoms with E-state index in [2.05, 4.69) is 26.8 Å². The molecule has 7 rings (SSSR count). The van der Waals surface area contributed by atoms with E-state index in [0.29, 0.717) is 51.4 Å². The number of hydrogen-bond acceptors (Lipinski definition) is 19. The van der Waals surface area contributed by atoms with Crippen LogP contribution in [0.1, 0.15) is 107 Å². The van der Waals surface area contributed by atoms with Gasteiger partial charge in [-0.2, -0.15) is 0 Å². The van der Waals surface area contributed by atoms with Crippen LogP contribution in [0.25, 0.3) is 0 Å². The van der Waals surface area contributed by atoms with Gasteiger partial charge in [0.15, 0.2) is 18.9 Å². The molecule has 0 radical (unpaired) electrons. The summed E-state index contributed by atoms with van der Waals surface area (Å²) < 4.78 is 37.0. The molecular formula is C48H82O19. The van der Waals surface area contributed by atoms with Crippen molar-refractivity contribution in [2.45, 2.75) is 223 Å². The Morgan fingerprint density at radius 2 is 1.16 bits per heavy atom. The molecule has 3 aliphatic heterocycles. The topological polar surface area (TPSA) is 318 Å². The summed E-state index contributed by atoms with van der Waals surface area (Å²) in [5, 5.41) is 142. The maximum Gasteiger partial charge on any atom is 0.187 e. The Kier molecular flexibility index (Phi) is 15.9. The van der Waals surface area contributed by atoms with Gasteiger partial charge in [0.05, 0.1) is 43.7 Å². The minimum absolute atomic E-state index is 0.0733. The predicted octanol–water partition coefficient (Wildman–Crippen LogP) is -1.06. The van der Waals surface area contributed by atoms with E-state index < -0.39 is 158 Å². The molecule has 0 unspecified atom stereocenters. The third-order valence-electron chi connectivity index (χ3n) is 18.7. The molecule has 19 heteroatoms. The fraction of sp³-hybridized carbons (Fsp3) is 0.958. The van der Waals surface area contributed by atoms with Crippen LogP contribution in [-0.2, 0) is 28.4 Å². The van der Waals surface area contributed by atoms with E-state index >= 15 is 0 Å². The highest BCUT2D eigenvalue weighted by Crippen LogP contribution is 2.76. The number of hydrogen-bond donors (Lipinski definition) is 13. The summed E-state index contributed by atoms with van der Waals surface area (Å²) in [5.74, 6) is -1.02. The summed E-state index contributed by atoms with van der Waals surface area (Å²) in [4.78, 5) is 0.